The monoisotopic (exact) mass is 214 g/mol. The standard InChI is InChI=1S/C11H22N2O2/c1-2-15-11(14)6-8-12-9-10-5-3-4-7-13-10/h10,12-13H,2-9H2,1H3. The Hall–Kier alpha value is -0.610. The Morgan fingerprint density at radius 1 is 1.53 bits per heavy atom. The third-order valence-corrected chi connectivity index (χ3v) is 2.61. The molecule has 1 heterocycles. The first-order valence-corrected chi connectivity index (χ1v) is 5.92. The molecule has 1 aliphatic heterocycles. The van der Waals surface area contributed by atoms with Crippen molar-refractivity contribution in [2.45, 2.75) is 38.6 Å². The quantitative estimate of drug-likeness (QED) is 0.504. The lowest BCUT2D eigenvalue weighted by Gasteiger charge is -2.23. The molecule has 1 fully saturated rings. The molecule has 0 aromatic carbocycles. The minimum Gasteiger partial charge on any atom is -0.466 e. The highest BCUT2D eigenvalue weighted by Crippen LogP contribution is 2.05. The molecule has 1 aliphatic rings. The van der Waals surface area contributed by atoms with Gasteiger partial charge in [0.1, 0.15) is 0 Å². The number of esters is 1. The molecule has 15 heavy (non-hydrogen) atoms. The van der Waals surface area contributed by atoms with E-state index in [1.165, 1.54) is 19.3 Å². The lowest BCUT2D eigenvalue weighted by atomic mass is 10.1. The van der Waals surface area contributed by atoms with Crippen LogP contribution in [0.3, 0.4) is 0 Å². The third kappa shape index (κ3) is 5.74. The van der Waals surface area contributed by atoms with Gasteiger partial charge >= 0.3 is 5.97 Å². The second-order valence-electron chi connectivity index (χ2n) is 3.91. The van der Waals surface area contributed by atoms with Crippen LogP contribution in [0.1, 0.15) is 32.6 Å². The van der Waals surface area contributed by atoms with Crippen LogP contribution in [0.5, 0.6) is 0 Å². The predicted molar refractivity (Wildman–Crippen MR) is 59.8 cm³/mol. The van der Waals surface area contributed by atoms with E-state index in [4.69, 9.17) is 4.74 Å². The van der Waals surface area contributed by atoms with Crippen LogP contribution < -0.4 is 10.6 Å². The van der Waals surface area contributed by atoms with Gasteiger partial charge in [-0.05, 0) is 26.3 Å². The van der Waals surface area contributed by atoms with Crippen LogP contribution in [0.2, 0.25) is 0 Å². The molecule has 0 radical (unpaired) electrons. The topological polar surface area (TPSA) is 50.4 Å². The van der Waals surface area contributed by atoms with Crippen LogP contribution in [0.25, 0.3) is 0 Å². The average Bonchev–Trinajstić information content (AvgIpc) is 2.26. The minimum atomic E-state index is -0.110. The molecule has 0 aromatic rings. The van der Waals surface area contributed by atoms with E-state index in [2.05, 4.69) is 10.6 Å². The lowest BCUT2D eigenvalue weighted by molar-refractivity contribution is -0.142. The van der Waals surface area contributed by atoms with Crippen molar-refractivity contribution in [2.24, 2.45) is 0 Å². The second kappa shape index (κ2) is 7.65. The highest BCUT2D eigenvalue weighted by atomic mass is 16.5. The first-order valence-electron chi connectivity index (χ1n) is 5.92. The average molecular weight is 214 g/mol. The molecule has 1 unspecified atom stereocenters. The van der Waals surface area contributed by atoms with Crippen molar-refractivity contribution in [1.82, 2.24) is 10.6 Å². The van der Waals surface area contributed by atoms with Gasteiger partial charge in [-0.15, -0.1) is 0 Å². The number of rotatable bonds is 6. The van der Waals surface area contributed by atoms with Gasteiger partial charge in [0.2, 0.25) is 0 Å². The zero-order valence-corrected chi connectivity index (χ0v) is 9.55. The molecular weight excluding hydrogens is 192 g/mol. The summed E-state index contributed by atoms with van der Waals surface area (Å²) in [7, 11) is 0. The summed E-state index contributed by atoms with van der Waals surface area (Å²) in [6.07, 6.45) is 4.32. The molecule has 0 amide bonds. The Balaban J connectivity index is 1.93. The van der Waals surface area contributed by atoms with E-state index in [0.29, 0.717) is 19.1 Å². The Morgan fingerprint density at radius 3 is 3.07 bits per heavy atom. The van der Waals surface area contributed by atoms with Crippen molar-refractivity contribution in [3.63, 3.8) is 0 Å². The Labute approximate surface area is 91.8 Å². The molecule has 88 valence electrons. The number of ether oxygens (including phenoxy) is 1. The van der Waals surface area contributed by atoms with Crippen molar-refractivity contribution in [3.8, 4) is 0 Å². The first-order chi connectivity index (χ1) is 7.33. The largest absolute Gasteiger partial charge is 0.466 e. The van der Waals surface area contributed by atoms with Gasteiger partial charge in [-0.1, -0.05) is 6.42 Å². The van der Waals surface area contributed by atoms with Crippen LogP contribution in [0, 0.1) is 0 Å². The molecule has 0 saturated carbocycles. The van der Waals surface area contributed by atoms with Crippen molar-refractivity contribution in [2.75, 3.05) is 26.2 Å². The zero-order valence-electron chi connectivity index (χ0n) is 9.55. The molecule has 2 N–H and O–H groups in total. The van der Waals surface area contributed by atoms with E-state index in [1.807, 2.05) is 6.92 Å². The highest BCUT2D eigenvalue weighted by Gasteiger charge is 2.11. The fraction of sp³-hybridized carbons (Fsp3) is 0.909. The van der Waals surface area contributed by atoms with Crippen molar-refractivity contribution in [3.05, 3.63) is 0 Å². The van der Waals surface area contributed by atoms with Crippen molar-refractivity contribution < 1.29 is 9.53 Å². The Bertz CT molecular complexity index is 179. The molecule has 0 bridgehead atoms. The SMILES string of the molecule is CCOC(=O)CCNCC1CCCCN1. The maximum absolute atomic E-state index is 11.0. The zero-order chi connectivity index (χ0) is 10.9. The Kier molecular flexibility index (Phi) is 6.36. The van der Waals surface area contributed by atoms with Crippen LogP contribution >= 0.6 is 0 Å². The molecule has 4 heteroatoms. The number of hydrogen-bond acceptors (Lipinski definition) is 4. The van der Waals surface area contributed by atoms with E-state index in [9.17, 15) is 4.79 Å². The summed E-state index contributed by atoms with van der Waals surface area (Å²) >= 11 is 0. The van der Waals surface area contributed by atoms with Gasteiger partial charge < -0.3 is 15.4 Å². The smallest absolute Gasteiger partial charge is 0.307 e. The van der Waals surface area contributed by atoms with E-state index < -0.39 is 0 Å². The van der Waals surface area contributed by atoms with Crippen LogP contribution in [0.4, 0.5) is 0 Å². The van der Waals surface area contributed by atoms with Gasteiger partial charge in [0, 0.05) is 19.1 Å². The fourth-order valence-electron chi connectivity index (χ4n) is 1.80. The maximum Gasteiger partial charge on any atom is 0.307 e. The molecule has 4 nitrogen and oxygen atoms in total. The number of carbonyl (C=O) groups excluding carboxylic acids is 1. The molecule has 1 rings (SSSR count). The summed E-state index contributed by atoms with van der Waals surface area (Å²) in [5, 5.41) is 6.73. The minimum absolute atomic E-state index is 0.110. The van der Waals surface area contributed by atoms with Gasteiger partial charge in [0.25, 0.3) is 0 Å². The predicted octanol–water partition coefficient (Wildman–Crippen LogP) is 0.671. The summed E-state index contributed by atoms with van der Waals surface area (Å²) in [6, 6.07) is 0.584. The van der Waals surface area contributed by atoms with Crippen molar-refractivity contribution >= 4 is 5.97 Å². The summed E-state index contributed by atoms with van der Waals surface area (Å²) in [5.74, 6) is -0.110. The molecule has 1 saturated heterocycles. The van der Waals surface area contributed by atoms with E-state index in [0.717, 1.165) is 19.6 Å². The summed E-state index contributed by atoms with van der Waals surface area (Å²) in [4.78, 5) is 11.0. The van der Waals surface area contributed by atoms with Gasteiger partial charge in [-0.2, -0.15) is 0 Å². The van der Waals surface area contributed by atoms with Crippen LogP contribution in [-0.4, -0.2) is 38.3 Å². The number of piperidine rings is 1. The van der Waals surface area contributed by atoms with Crippen LogP contribution in [0.15, 0.2) is 0 Å². The van der Waals surface area contributed by atoms with E-state index in [-0.39, 0.29) is 5.97 Å². The van der Waals surface area contributed by atoms with Gasteiger partial charge in [-0.3, -0.25) is 4.79 Å². The third-order valence-electron chi connectivity index (χ3n) is 2.61. The van der Waals surface area contributed by atoms with Gasteiger partial charge in [-0.25, -0.2) is 0 Å². The highest BCUT2D eigenvalue weighted by molar-refractivity contribution is 5.69. The van der Waals surface area contributed by atoms with E-state index in [1.54, 1.807) is 0 Å². The number of nitrogens with one attached hydrogen (secondary N) is 2. The molecule has 0 aliphatic carbocycles. The molecule has 0 aromatic heterocycles. The van der Waals surface area contributed by atoms with Gasteiger partial charge in [0.15, 0.2) is 0 Å². The summed E-state index contributed by atoms with van der Waals surface area (Å²) < 4.78 is 4.84. The second-order valence-corrected chi connectivity index (χ2v) is 3.91. The normalized spacial score (nSPS) is 21.3. The first kappa shape index (κ1) is 12.5. The summed E-state index contributed by atoms with van der Waals surface area (Å²) in [5.41, 5.74) is 0. The number of hydrogen-bond donors (Lipinski definition) is 2. The van der Waals surface area contributed by atoms with Crippen molar-refractivity contribution in [1.29, 1.82) is 0 Å². The lowest BCUT2D eigenvalue weighted by Crippen LogP contribution is -2.42. The summed E-state index contributed by atoms with van der Waals surface area (Å²) in [6.45, 7) is 5.11. The molecular formula is C11H22N2O2. The molecule has 0 spiro atoms. The number of carbonyl (C=O) groups is 1. The Morgan fingerprint density at radius 2 is 2.40 bits per heavy atom. The van der Waals surface area contributed by atoms with Crippen LogP contribution in [-0.2, 0) is 9.53 Å². The maximum atomic E-state index is 11.0. The van der Waals surface area contributed by atoms with Gasteiger partial charge in [0.05, 0.1) is 13.0 Å². The van der Waals surface area contributed by atoms with E-state index >= 15 is 0 Å². The fourth-order valence-corrected chi connectivity index (χ4v) is 1.80. The molecule has 1 atom stereocenters.